The largest absolute Gasteiger partial charge is 0.497 e. The predicted molar refractivity (Wildman–Crippen MR) is 81.8 cm³/mol. The van der Waals surface area contributed by atoms with Gasteiger partial charge in [0, 0.05) is 17.0 Å². The van der Waals surface area contributed by atoms with Crippen LogP contribution >= 0.6 is 11.3 Å². The van der Waals surface area contributed by atoms with Gasteiger partial charge in [-0.25, -0.2) is 0 Å². The van der Waals surface area contributed by atoms with Gasteiger partial charge in [0.05, 0.1) is 14.2 Å². The molecule has 0 amide bonds. The summed E-state index contributed by atoms with van der Waals surface area (Å²) in [5.41, 5.74) is 1.26. The van der Waals surface area contributed by atoms with Gasteiger partial charge >= 0.3 is 0 Å². The van der Waals surface area contributed by atoms with Gasteiger partial charge < -0.3 is 9.47 Å². The van der Waals surface area contributed by atoms with E-state index in [9.17, 15) is 10.1 Å². The van der Waals surface area contributed by atoms with Crippen LogP contribution in [0.25, 0.3) is 6.08 Å². The molecule has 1 heterocycles. The summed E-state index contributed by atoms with van der Waals surface area (Å²) in [4.78, 5) is 12.2. The van der Waals surface area contributed by atoms with Crippen LogP contribution in [-0.2, 0) is 0 Å². The Morgan fingerprint density at radius 3 is 2.38 bits per heavy atom. The molecule has 0 radical (unpaired) electrons. The lowest BCUT2D eigenvalue weighted by atomic mass is 10.0. The zero-order valence-corrected chi connectivity index (χ0v) is 12.4. The first-order valence-corrected chi connectivity index (χ1v) is 7.04. The second-order valence-electron chi connectivity index (χ2n) is 4.16. The maximum Gasteiger partial charge on any atom is 0.204 e. The van der Waals surface area contributed by atoms with Crippen molar-refractivity contribution < 1.29 is 14.3 Å². The summed E-state index contributed by atoms with van der Waals surface area (Å²) in [6.07, 6.45) is 1.53. The Morgan fingerprint density at radius 1 is 1.24 bits per heavy atom. The highest BCUT2D eigenvalue weighted by Gasteiger charge is 2.13. The molecule has 0 aliphatic carbocycles. The standard InChI is InChI=1S/C16H13NO3S/c1-19-14-6-11(7-15(8-14)20-2)5-13(9-17)16(18)12-3-4-21-10-12/h3-8,10H,1-2H3/b13-5+. The summed E-state index contributed by atoms with van der Waals surface area (Å²) in [6, 6.07) is 8.85. The van der Waals surface area contributed by atoms with Crippen molar-refractivity contribution in [1.29, 1.82) is 5.26 Å². The van der Waals surface area contributed by atoms with Crippen molar-refractivity contribution >= 4 is 23.2 Å². The third-order valence-corrected chi connectivity index (χ3v) is 3.52. The molecule has 2 aromatic rings. The highest BCUT2D eigenvalue weighted by molar-refractivity contribution is 7.08. The molecule has 0 atom stereocenters. The summed E-state index contributed by atoms with van der Waals surface area (Å²) in [5, 5.41) is 12.7. The smallest absolute Gasteiger partial charge is 0.204 e. The zero-order chi connectivity index (χ0) is 15.2. The van der Waals surface area contributed by atoms with Crippen molar-refractivity contribution in [1.82, 2.24) is 0 Å². The van der Waals surface area contributed by atoms with Crippen LogP contribution in [0.3, 0.4) is 0 Å². The SMILES string of the molecule is COc1cc(/C=C(\C#N)C(=O)c2ccsc2)cc(OC)c1. The predicted octanol–water partition coefficient (Wildman–Crippen LogP) is 3.56. The summed E-state index contributed by atoms with van der Waals surface area (Å²) in [6.45, 7) is 0. The van der Waals surface area contributed by atoms with E-state index in [-0.39, 0.29) is 11.4 Å². The number of allylic oxidation sites excluding steroid dienone is 1. The number of methoxy groups -OCH3 is 2. The van der Waals surface area contributed by atoms with E-state index in [1.807, 2.05) is 6.07 Å². The molecule has 0 saturated carbocycles. The third kappa shape index (κ3) is 3.50. The number of carbonyl (C=O) groups excluding carboxylic acids is 1. The molecule has 5 heteroatoms. The molecule has 0 bridgehead atoms. The first-order chi connectivity index (χ1) is 10.2. The summed E-state index contributed by atoms with van der Waals surface area (Å²) in [7, 11) is 3.09. The average Bonchev–Trinajstić information content (AvgIpc) is 3.05. The van der Waals surface area contributed by atoms with Gasteiger partial charge in [-0.3, -0.25) is 4.79 Å². The molecule has 2 rings (SSSR count). The Morgan fingerprint density at radius 2 is 1.90 bits per heavy atom. The molecule has 4 nitrogen and oxygen atoms in total. The van der Waals surface area contributed by atoms with Gasteiger partial charge in [-0.05, 0) is 35.2 Å². The number of ketones is 1. The maximum atomic E-state index is 12.2. The first kappa shape index (κ1) is 14.8. The number of Topliss-reactive ketones (excluding diaryl/α,β-unsaturated/α-hetero) is 1. The van der Waals surface area contributed by atoms with Gasteiger partial charge in [0.25, 0.3) is 0 Å². The van der Waals surface area contributed by atoms with E-state index in [4.69, 9.17) is 9.47 Å². The lowest BCUT2D eigenvalue weighted by Gasteiger charge is -2.06. The quantitative estimate of drug-likeness (QED) is 0.481. The fraction of sp³-hybridized carbons (Fsp3) is 0.125. The molecular formula is C16H13NO3S. The molecule has 106 valence electrons. The first-order valence-electron chi connectivity index (χ1n) is 6.09. The molecule has 0 saturated heterocycles. The molecule has 1 aromatic carbocycles. The van der Waals surface area contributed by atoms with Crippen molar-refractivity contribution in [3.05, 3.63) is 51.7 Å². The fourth-order valence-corrected chi connectivity index (χ4v) is 2.41. The van der Waals surface area contributed by atoms with Crippen LogP contribution in [-0.4, -0.2) is 20.0 Å². The molecule has 21 heavy (non-hydrogen) atoms. The number of thiophene rings is 1. The summed E-state index contributed by atoms with van der Waals surface area (Å²) < 4.78 is 10.3. The highest BCUT2D eigenvalue weighted by Crippen LogP contribution is 2.24. The topological polar surface area (TPSA) is 59.3 Å². The normalized spacial score (nSPS) is 10.8. The van der Waals surface area contributed by atoms with E-state index in [1.165, 1.54) is 17.4 Å². The van der Waals surface area contributed by atoms with E-state index in [2.05, 4.69) is 0 Å². The monoisotopic (exact) mass is 299 g/mol. The van der Waals surface area contributed by atoms with Gasteiger partial charge in [-0.1, -0.05) is 0 Å². The molecule has 0 unspecified atom stereocenters. The Balaban J connectivity index is 2.40. The second kappa shape index (κ2) is 6.73. The van der Waals surface area contributed by atoms with Crippen LogP contribution in [0.2, 0.25) is 0 Å². The number of nitrogens with zero attached hydrogens (tertiary/aromatic N) is 1. The van der Waals surface area contributed by atoms with Gasteiger partial charge in [0.1, 0.15) is 23.1 Å². The van der Waals surface area contributed by atoms with Gasteiger partial charge in [0.2, 0.25) is 5.78 Å². The Hall–Kier alpha value is -2.58. The summed E-state index contributed by atoms with van der Waals surface area (Å²) >= 11 is 1.42. The number of ether oxygens (including phenoxy) is 2. The lowest BCUT2D eigenvalue weighted by molar-refractivity contribution is 0.104. The van der Waals surface area contributed by atoms with Crippen LogP contribution < -0.4 is 9.47 Å². The van der Waals surface area contributed by atoms with E-state index in [0.717, 1.165) is 0 Å². The molecule has 0 aliphatic rings. The van der Waals surface area contributed by atoms with Crippen LogP contribution in [0, 0.1) is 11.3 Å². The van der Waals surface area contributed by atoms with Crippen molar-refractivity contribution in [2.24, 2.45) is 0 Å². The van der Waals surface area contributed by atoms with Crippen molar-refractivity contribution in [2.75, 3.05) is 14.2 Å². The van der Waals surface area contributed by atoms with E-state index in [0.29, 0.717) is 22.6 Å². The minimum atomic E-state index is -0.291. The average molecular weight is 299 g/mol. The Bertz CT molecular complexity index is 689. The molecule has 0 spiro atoms. The van der Waals surface area contributed by atoms with Crippen molar-refractivity contribution in [2.45, 2.75) is 0 Å². The number of hydrogen-bond donors (Lipinski definition) is 0. The van der Waals surface area contributed by atoms with Crippen LogP contribution in [0.5, 0.6) is 11.5 Å². The molecule has 0 N–H and O–H groups in total. The highest BCUT2D eigenvalue weighted by atomic mass is 32.1. The van der Waals surface area contributed by atoms with Crippen LogP contribution in [0.1, 0.15) is 15.9 Å². The van der Waals surface area contributed by atoms with Crippen LogP contribution in [0.4, 0.5) is 0 Å². The van der Waals surface area contributed by atoms with E-state index >= 15 is 0 Å². The lowest BCUT2D eigenvalue weighted by Crippen LogP contribution is -2.00. The Kier molecular flexibility index (Phi) is 4.75. The minimum absolute atomic E-state index is 0.0729. The van der Waals surface area contributed by atoms with Crippen LogP contribution in [0.15, 0.2) is 40.6 Å². The molecule has 0 fully saturated rings. The minimum Gasteiger partial charge on any atom is -0.497 e. The number of rotatable bonds is 5. The molecule has 1 aromatic heterocycles. The van der Waals surface area contributed by atoms with Crippen molar-refractivity contribution in [3.8, 4) is 17.6 Å². The van der Waals surface area contributed by atoms with Crippen molar-refractivity contribution in [3.63, 3.8) is 0 Å². The molecule has 0 aliphatic heterocycles. The summed E-state index contributed by atoms with van der Waals surface area (Å²) in [5.74, 6) is 0.905. The van der Waals surface area contributed by atoms with E-state index in [1.54, 1.807) is 49.2 Å². The number of nitriles is 1. The third-order valence-electron chi connectivity index (χ3n) is 2.83. The number of hydrogen-bond acceptors (Lipinski definition) is 5. The molecular weight excluding hydrogens is 286 g/mol. The number of carbonyl (C=O) groups is 1. The van der Waals surface area contributed by atoms with Gasteiger partial charge in [-0.2, -0.15) is 16.6 Å². The van der Waals surface area contributed by atoms with Gasteiger partial charge in [-0.15, -0.1) is 0 Å². The zero-order valence-electron chi connectivity index (χ0n) is 11.6. The van der Waals surface area contributed by atoms with E-state index < -0.39 is 0 Å². The maximum absolute atomic E-state index is 12.2. The number of benzene rings is 1. The Labute approximate surface area is 126 Å². The van der Waals surface area contributed by atoms with Gasteiger partial charge in [0.15, 0.2) is 0 Å². The second-order valence-corrected chi connectivity index (χ2v) is 4.94. The fourth-order valence-electron chi connectivity index (χ4n) is 1.78.